The van der Waals surface area contributed by atoms with Crippen LogP contribution in [0.3, 0.4) is 0 Å². The summed E-state index contributed by atoms with van der Waals surface area (Å²) in [6.45, 7) is 29.7. The quantitative estimate of drug-likeness (QED) is 0.286. The zero-order chi connectivity index (χ0) is 28.6. The van der Waals surface area contributed by atoms with Gasteiger partial charge in [-0.3, -0.25) is 9.59 Å². The van der Waals surface area contributed by atoms with E-state index in [0.717, 1.165) is 12.8 Å². The van der Waals surface area contributed by atoms with Crippen LogP contribution in [0, 0.1) is 35.5 Å². The molecule has 7 heteroatoms. The third kappa shape index (κ3) is 29.6. The van der Waals surface area contributed by atoms with Crippen molar-refractivity contribution in [2.24, 2.45) is 21.7 Å². The summed E-state index contributed by atoms with van der Waals surface area (Å²) < 4.78 is 0. The molecule has 0 radical (unpaired) electrons. The van der Waals surface area contributed by atoms with Crippen LogP contribution in [0.2, 0.25) is 0 Å². The van der Waals surface area contributed by atoms with E-state index in [1.165, 1.54) is 0 Å². The van der Waals surface area contributed by atoms with Gasteiger partial charge in [0.2, 0.25) is 0 Å². The number of ketones is 4. The number of rotatable bonds is 8. The zero-order valence-corrected chi connectivity index (χ0v) is 27.1. The molecule has 0 aromatic rings. The Balaban J connectivity index is -0.000000128. The molecule has 0 fully saturated rings. The standard InChI is InChI=1S/2C11H19O2.2C3H8O.Zr/c2*1-10(2,3)8(12)7-9(13)11(4,5)6;2*1-2-3-4;/h2*1,7H2,2-6H3;2*4H,2-3H2,1H3;/q2*-1;;;+2. The zero-order valence-electron chi connectivity index (χ0n) is 24.7. The summed E-state index contributed by atoms with van der Waals surface area (Å²) >= 11 is 0. The van der Waals surface area contributed by atoms with Gasteiger partial charge in [0.05, 0.1) is 12.8 Å². The van der Waals surface area contributed by atoms with Crippen LogP contribution in [-0.4, -0.2) is 46.6 Å². The molecule has 0 aliphatic heterocycles. The summed E-state index contributed by atoms with van der Waals surface area (Å²) in [6.07, 6.45) is 1.75. The third-order valence-corrected chi connectivity index (χ3v) is 4.27. The van der Waals surface area contributed by atoms with Crippen molar-refractivity contribution in [2.75, 3.05) is 13.2 Å². The molecule has 0 atom stereocenters. The summed E-state index contributed by atoms with van der Waals surface area (Å²) in [4.78, 5) is 45.8. The molecule has 0 bridgehead atoms. The Morgan fingerprint density at radius 3 is 0.800 bits per heavy atom. The largest absolute Gasteiger partial charge is 2.00 e. The number of aliphatic hydroxyl groups excluding tert-OH is 2. The van der Waals surface area contributed by atoms with Crippen molar-refractivity contribution in [1.29, 1.82) is 0 Å². The monoisotopic (exact) mass is 576 g/mol. The molecule has 0 rings (SSSR count). The molecular weight excluding hydrogens is 524 g/mol. The first-order valence-electron chi connectivity index (χ1n) is 12.0. The van der Waals surface area contributed by atoms with Crippen molar-refractivity contribution in [1.82, 2.24) is 0 Å². The van der Waals surface area contributed by atoms with Crippen LogP contribution in [-0.2, 0) is 45.4 Å². The average Bonchev–Trinajstić information content (AvgIpc) is 2.65. The van der Waals surface area contributed by atoms with E-state index >= 15 is 0 Å². The molecule has 0 aromatic carbocycles. The van der Waals surface area contributed by atoms with Crippen molar-refractivity contribution in [2.45, 2.75) is 109 Å². The number of hydrogen-bond donors (Lipinski definition) is 2. The summed E-state index contributed by atoms with van der Waals surface area (Å²) in [6, 6.07) is 0. The van der Waals surface area contributed by atoms with E-state index < -0.39 is 21.7 Å². The van der Waals surface area contributed by atoms with Crippen molar-refractivity contribution in [3.05, 3.63) is 13.8 Å². The van der Waals surface area contributed by atoms with Crippen molar-refractivity contribution in [3.63, 3.8) is 0 Å². The van der Waals surface area contributed by atoms with E-state index in [1.807, 2.05) is 55.4 Å². The van der Waals surface area contributed by atoms with E-state index in [0.29, 0.717) is 13.2 Å². The van der Waals surface area contributed by atoms with Gasteiger partial charge in [-0.15, -0.1) is 10.8 Å². The molecule has 0 heterocycles. The molecule has 206 valence electrons. The predicted octanol–water partition coefficient (Wildman–Crippen LogP) is 5.62. The summed E-state index contributed by atoms with van der Waals surface area (Å²) in [5.41, 5.74) is -2.16. The molecule has 2 N–H and O–H groups in total. The normalized spacial score (nSPS) is 11.2. The average molecular weight is 578 g/mol. The molecule has 0 aromatic heterocycles. The van der Waals surface area contributed by atoms with E-state index in [9.17, 15) is 19.2 Å². The summed E-state index contributed by atoms with van der Waals surface area (Å²) in [5, 5.41) is 15.8. The van der Waals surface area contributed by atoms with Crippen molar-refractivity contribution in [3.8, 4) is 0 Å². The Kier molecular flexibility index (Phi) is 26.1. The van der Waals surface area contributed by atoms with Crippen molar-refractivity contribution < 1.29 is 55.6 Å². The molecule has 0 unspecified atom stereocenters. The first-order chi connectivity index (χ1) is 14.9. The number of hydrogen-bond acceptors (Lipinski definition) is 6. The Morgan fingerprint density at radius 2 is 0.714 bits per heavy atom. The van der Waals surface area contributed by atoms with E-state index in [2.05, 4.69) is 13.8 Å². The molecule has 0 spiro atoms. The fourth-order valence-corrected chi connectivity index (χ4v) is 1.30. The van der Waals surface area contributed by atoms with Gasteiger partial charge in [-0.25, -0.2) is 0 Å². The molecule has 0 saturated heterocycles. The molecule has 6 nitrogen and oxygen atoms in total. The van der Waals surface area contributed by atoms with Gasteiger partial charge in [0.25, 0.3) is 0 Å². The fourth-order valence-electron chi connectivity index (χ4n) is 1.30. The minimum absolute atomic E-state index is 0. The van der Waals surface area contributed by atoms with Gasteiger partial charge in [-0.2, -0.15) is 0 Å². The van der Waals surface area contributed by atoms with Gasteiger partial charge < -0.3 is 33.6 Å². The Labute approximate surface area is 235 Å². The minimum Gasteiger partial charge on any atom is -0.396 e. The number of carbonyl (C=O) groups is 4. The molecule has 0 aliphatic rings. The maximum atomic E-state index is 11.5. The van der Waals surface area contributed by atoms with Crippen LogP contribution in [0.5, 0.6) is 0 Å². The van der Waals surface area contributed by atoms with Crippen LogP contribution in [0.4, 0.5) is 0 Å². The van der Waals surface area contributed by atoms with Gasteiger partial charge in [0.15, 0.2) is 0 Å². The smallest absolute Gasteiger partial charge is 0.396 e. The molecule has 35 heavy (non-hydrogen) atoms. The Hall–Kier alpha value is -0.517. The second kappa shape index (κ2) is 20.5. The van der Waals surface area contributed by atoms with E-state index in [-0.39, 0.29) is 62.2 Å². The van der Waals surface area contributed by atoms with Crippen LogP contribution in [0.1, 0.15) is 109 Å². The van der Waals surface area contributed by atoms with Crippen LogP contribution >= 0.6 is 0 Å². The number of aliphatic hydroxyl groups is 2. The molecular formula is C28H54O6Zr. The maximum Gasteiger partial charge on any atom is 2.00 e. The van der Waals surface area contributed by atoms with Crippen LogP contribution < -0.4 is 0 Å². The van der Waals surface area contributed by atoms with Gasteiger partial charge in [0, 0.05) is 24.0 Å². The molecule has 0 aliphatic carbocycles. The first-order valence-corrected chi connectivity index (χ1v) is 12.0. The number of Topliss-reactive ketones (excluding diaryl/α,β-unsaturated/α-hetero) is 4. The maximum absolute atomic E-state index is 11.5. The summed E-state index contributed by atoms with van der Waals surface area (Å²) in [5.74, 6) is -0.219. The second-order valence-corrected chi connectivity index (χ2v) is 11.8. The van der Waals surface area contributed by atoms with Gasteiger partial charge in [-0.1, -0.05) is 83.1 Å². The van der Waals surface area contributed by atoms with E-state index in [4.69, 9.17) is 10.2 Å². The Bertz CT molecular complexity index is 491. The van der Waals surface area contributed by atoms with Gasteiger partial charge in [-0.05, 0) is 12.8 Å². The number of carbonyl (C=O) groups excluding carboxylic acids is 4. The second-order valence-electron chi connectivity index (χ2n) is 11.8. The van der Waals surface area contributed by atoms with E-state index in [1.54, 1.807) is 27.7 Å². The molecule has 0 saturated carbocycles. The molecule has 0 amide bonds. The minimum atomic E-state index is -0.652. The third-order valence-electron chi connectivity index (χ3n) is 4.27. The van der Waals surface area contributed by atoms with Gasteiger partial charge >= 0.3 is 26.2 Å². The fraction of sp³-hybridized carbons (Fsp3) is 0.786. The van der Waals surface area contributed by atoms with Crippen LogP contribution in [0.15, 0.2) is 0 Å². The van der Waals surface area contributed by atoms with Gasteiger partial charge in [0.1, 0.15) is 23.1 Å². The SMILES string of the molecule is CCCO.CCCO.[CH2-]C(C)(C)C(=O)CC(=O)C(C)(C)C.[CH2-]C(C)(C)C(=O)CC(=O)C(C)(C)C.[Zr+2]. The van der Waals surface area contributed by atoms with Crippen molar-refractivity contribution >= 4 is 23.1 Å². The van der Waals surface area contributed by atoms with Crippen LogP contribution in [0.25, 0.3) is 0 Å². The predicted molar refractivity (Wildman–Crippen MR) is 141 cm³/mol. The Morgan fingerprint density at radius 1 is 0.543 bits per heavy atom. The summed E-state index contributed by atoms with van der Waals surface area (Å²) in [7, 11) is 0. The first kappa shape index (κ1) is 44.5. The topological polar surface area (TPSA) is 109 Å².